The van der Waals surface area contributed by atoms with E-state index in [0.717, 1.165) is 23.3 Å². The minimum Gasteiger partial charge on any atom is -0.350 e. The summed E-state index contributed by atoms with van der Waals surface area (Å²) in [5.41, 5.74) is 1.23. The molecule has 1 aromatic rings. The Morgan fingerprint density at radius 2 is 1.73 bits per heavy atom. The van der Waals surface area contributed by atoms with Gasteiger partial charge in [0.15, 0.2) is 5.79 Å². The normalized spacial score (nSPS) is 26.4. The maximum absolute atomic E-state index is 12.6. The maximum atomic E-state index is 12.6. The van der Waals surface area contributed by atoms with Crippen molar-refractivity contribution in [3.63, 3.8) is 0 Å². The van der Waals surface area contributed by atoms with Crippen molar-refractivity contribution in [3.8, 4) is 0 Å². The fourth-order valence-corrected chi connectivity index (χ4v) is 4.88. The fraction of sp³-hybridized carbons (Fsp3) is 0.647. The van der Waals surface area contributed by atoms with Gasteiger partial charge in [0, 0.05) is 10.3 Å². The van der Waals surface area contributed by atoms with Crippen molar-refractivity contribution in [3.05, 3.63) is 29.8 Å². The van der Waals surface area contributed by atoms with E-state index in [-0.39, 0.29) is 16.0 Å². The van der Waals surface area contributed by atoms with Crippen LogP contribution in [0.4, 0.5) is 0 Å². The molecule has 1 spiro atoms. The van der Waals surface area contributed by atoms with Gasteiger partial charge in [0.2, 0.25) is 0 Å². The van der Waals surface area contributed by atoms with E-state index in [1.54, 1.807) is 0 Å². The first-order valence-electron chi connectivity index (χ1n) is 7.70. The molecule has 3 rings (SSSR count). The first kappa shape index (κ1) is 16.4. The van der Waals surface area contributed by atoms with Crippen LogP contribution in [0.3, 0.4) is 0 Å². The molecule has 1 aliphatic heterocycles. The Kier molecular flexibility index (Phi) is 4.41. The number of benzene rings is 1. The molecular weight excluding hydrogens is 320 g/mol. The summed E-state index contributed by atoms with van der Waals surface area (Å²) in [6.45, 7) is 7.30. The third kappa shape index (κ3) is 3.25. The van der Waals surface area contributed by atoms with Gasteiger partial charge in [-0.15, -0.1) is 11.6 Å². The van der Waals surface area contributed by atoms with Gasteiger partial charge in [-0.05, 0) is 51.7 Å². The van der Waals surface area contributed by atoms with Crippen LogP contribution in [0.25, 0.3) is 0 Å². The average Bonchev–Trinajstić information content (AvgIpc) is 2.45. The summed E-state index contributed by atoms with van der Waals surface area (Å²) in [6.07, 6.45) is 1.85. The standard InChI is InChI=1S/C17H23ClO3S/c1-12-4-6-14(7-5-12)22(19)15(18)13-8-17(9-13)10-20-16(2,3)21-11-17/h4-7,13,15H,8-11H2,1-3H3. The Labute approximate surface area is 139 Å². The second kappa shape index (κ2) is 5.90. The Morgan fingerprint density at radius 1 is 1.18 bits per heavy atom. The zero-order chi connectivity index (χ0) is 16.0. The highest BCUT2D eigenvalue weighted by Crippen LogP contribution is 2.52. The van der Waals surface area contributed by atoms with Crippen LogP contribution >= 0.6 is 11.6 Å². The highest BCUT2D eigenvalue weighted by molar-refractivity contribution is 7.87. The lowest BCUT2D eigenvalue weighted by Crippen LogP contribution is -2.54. The Morgan fingerprint density at radius 3 is 2.27 bits per heavy atom. The molecule has 122 valence electrons. The zero-order valence-corrected chi connectivity index (χ0v) is 14.9. The van der Waals surface area contributed by atoms with Gasteiger partial charge in [0.25, 0.3) is 0 Å². The molecule has 5 heteroatoms. The molecule has 22 heavy (non-hydrogen) atoms. The predicted molar refractivity (Wildman–Crippen MR) is 88.4 cm³/mol. The van der Waals surface area contributed by atoms with Crippen molar-refractivity contribution < 1.29 is 13.7 Å². The molecule has 1 aliphatic carbocycles. The first-order chi connectivity index (χ1) is 10.3. The topological polar surface area (TPSA) is 35.5 Å². The van der Waals surface area contributed by atoms with Crippen LogP contribution in [-0.4, -0.2) is 27.9 Å². The monoisotopic (exact) mass is 342 g/mol. The minimum atomic E-state index is -1.17. The molecule has 3 nitrogen and oxygen atoms in total. The summed E-state index contributed by atoms with van der Waals surface area (Å²) in [4.78, 5) is 0.809. The van der Waals surface area contributed by atoms with Crippen molar-refractivity contribution in [2.24, 2.45) is 11.3 Å². The lowest BCUT2D eigenvalue weighted by molar-refractivity contribution is -0.303. The quantitative estimate of drug-likeness (QED) is 0.783. The largest absolute Gasteiger partial charge is 0.350 e. The van der Waals surface area contributed by atoms with Crippen LogP contribution in [0.15, 0.2) is 29.2 Å². The van der Waals surface area contributed by atoms with Crippen LogP contribution < -0.4 is 0 Å². The van der Waals surface area contributed by atoms with E-state index in [0.29, 0.717) is 13.2 Å². The molecule has 0 amide bonds. The van der Waals surface area contributed by atoms with Crippen LogP contribution in [-0.2, 0) is 20.3 Å². The zero-order valence-electron chi connectivity index (χ0n) is 13.3. The summed E-state index contributed by atoms with van der Waals surface area (Å²) in [5, 5.41) is 0. The van der Waals surface area contributed by atoms with E-state index in [2.05, 4.69) is 0 Å². The van der Waals surface area contributed by atoms with Crippen molar-refractivity contribution in [2.45, 2.75) is 49.0 Å². The summed E-state index contributed by atoms with van der Waals surface area (Å²) in [7, 11) is -1.17. The van der Waals surface area contributed by atoms with Gasteiger partial charge in [0.1, 0.15) is 4.71 Å². The van der Waals surface area contributed by atoms with Gasteiger partial charge < -0.3 is 9.47 Å². The predicted octanol–water partition coefficient (Wildman–Crippen LogP) is 3.85. The number of rotatable bonds is 3. The molecule has 0 N–H and O–H groups in total. The Balaban J connectivity index is 1.58. The first-order valence-corrected chi connectivity index (χ1v) is 9.35. The summed E-state index contributed by atoms with van der Waals surface area (Å²) in [6, 6.07) is 7.77. The molecular formula is C17H23ClO3S. The minimum absolute atomic E-state index is 0.0742. The SMILES string of the molecule is Cc1ccc(S(=O)C(Cl)C2CC3(COC(C)(C)OC3)C2)cc1. The van der Waals surface area contributed by atoms with E-state index >= 15 is 0 Å². The van der Waals surface area contributed by atoms with Gasteiger partial charge in [-0.2, -0.15) is 0 Å². The second-order valence-corrected chi connectivity index (χ2v) is 9.41. The van der Waals surface area contributed by atoms with E-state index in [1.807, 2.05) is 45.0 Å². The number of hydrogen-bond donors (Lipinski definition) is 0. The van der Waals surface area contributed by atoms with Gasteiger partial charge in [-0.3, -0.25) is 4.21 Å². The highest BCUT2D eigenvalue weighted by atomic mass is 35.5. The lowest BCUT2D eigenvalue weighted by atomic mass is 9.63. The smallest absolute Gasteiger partial charge is 0.162 e. The summed E-state index contributed by atoms with van der Waals surface area (Å²) < 4.78 is 23.8. The van der Waals surface area contributed by atoms with E-state index in [9.17, 15) is 4.21 Å². The summed E-state index contributed by atoms with van der Waals surface area (Å²) in [5.74, 6) is -0.223. The molecule has 1 saturated carbocycles. The highest BCUT2D eigenvalue weighted by Gasteiger charge is 2.52. The Hall–Kier alpha value is -0.420. The van der Waals surface area contributed by atoms with Gasteiger partial charge in [-0.1, -0.05) is 17.7 Å². The third-order valence-corrected chi connectivity index (χ3v) is 7.04. The number of aryl methyl sites for hydroxylation is 1. The van der Waals surface area contributed by atoms with E-state index in [4.69, 9.17) is 21.1 Å². The molecule has 2 fully saturated rings. The van der Waals surface area contributed by atoms with E-state index in [1.165, 1.54) is 0 Å². The molecule has 2 aliphatic rings. The molecule has 1 saturated heterocycles. The van der Waals surface area contributed by atoms with Crippen LogP contribution in [0.5, 0.6) is 0 Å². The summed E-state index contributed by atoms with van der Waals surface area (Å²) >= 11 is 6.48. The van der Waals surface area contributed by atoms with Crippen molar-refractivity contribution >= 4 is 22.4 Å². The van der Waals surface area contributed by atoms with Gasteiger partial charge in [0.05, 0.1) is 24.0 Å². The molecule has 1 heterocycles. The molecule has 0 radical (unpaired) electrons. The van der Waals surface area contributed by atoms with Gasteiger partial charge >= 0.3 is 0 Å². The van der Waals surface area contributed by atoms with Crippen molar-refractivity contribution in [1.29, 1.82) is 0 Å². The van der Waals surface area contributed by atoms with Crippen LogP contribution in [0, 0.1) is 18.3 Å². The third-order valence-electron chi connectivity index (χ3n) is 4.67. The number of ether oxygens (including phenoxy) is 2. The van der Waals surface area contributed by atoms with Crippen LogP contribution in [0.1, 0.15) is 32.3 Å². The van der Waals surface area contributed by atoms with E-state index < -0.39 is 16.6 Å². The lowest BCUT2D eigenvalue weighted by Gasteiger charge is -2.53. The fourth-order valence-electron chi connectivity index (χ4n) is 3.19. The molecule has 2 unspecified atom stereocenters. The van der Waals surface area contributed by atoms with Crippen molar-refractivity contribution in [2.75, 3.05) is 13.2 Å². The number of halogens is 1. The number of hydrogen-bond acceptors (Lipinski definition) is 3. The molecule has 2 atom stereocenters. The Bertz CT molecular complexity index is 552. The van der Waals surface area contributed by atoms with Crippen LogP contribution in [0.2, 0.25) is 0 Å². The molecule has 1 aromatic carbocycles. The maximum Gasteiger partial charge on any atom is 0.162 e. The molecule has 0 aromatic heterocycles. The number of alkyl halides is 1. The molecule has 0 bridgehead atoms. The average molecular weight is 343 g/mol. The second-order valence-electron chi connectivity index (χ2n) is 7.11. The van der Waals surface area contributed by atoms with Gasteiger partial charge in [-0.25, -0.2) is 0 Å². The van der Waals surface area contributed by atoms with Crippen molar-refractivity contribution in [1.82, 2.24) is 0 Å².